The van der Waals surface area contributed by atoms with E-state index < -0.39 is 17.5 Å². The molecule has 0 aromatic carbocycles. The van der Waals surface area contributed by atoms with E-state index in [9.17, 15) is 14.4 Å². The molecule has 10 heteroatoms. The van der Waals surface area contributed by atoms with Crippen LogP contribution in [0.4, 0.5) is 4.79 Å². The van der Waals surface area contributed by atoms with Gasteiger partial charge in [0.1, 0.15) is 10.6 Å². The molecule has 1 aliphatic rings. The Morgan fingerprint density at radius 1 is 1.50 bits per heavy atom. The molecule has 1 aromatic rings. The fourth-order valence-corrected chi connectivity index (χ4v) is 3.13. The number of rotatable bonds is 4. The molecule has 0 atom stereocenters. The highest BCUT2D eigenvalue weighted by Gasteiger charge is 2.28. The van der Waals surface area contributed by atoms with Gasteiger partial charge in [0.05, 0.1) is 12.1 Å². The minimum absolute atomic E-state index is 0.0626. The molecule has 0 radical (unpaired) electrons. The van der Waals surface area contributed by atoms with E-state index in [4.69, 9.17) is 10.2 Å². The lowest BCUT2D eigenvalue weighted by molar-refractivity contribution is -0.101. The van der Waals surface area contributed by atoms with E-state index in [1.807, 2.05) is 6.92 Å². The highest BCUT2D eigenvalue weighted by Crippen LogP contribution is 2.32. The van der Waals surface area contributed by atoms with Gasteiger partial charge in [-0.3, -0.25) is 9.63 Å². The van der Waals surface area contributed by atoms with Gasteiger partial charge in [0.15, 0.2) is 0 Å². The van der Waals surface area contributed by atoms with Crippen molar-refractivity contribution in [1.29, 1.82) is 0 Å². The second-order valence-corrected chi connectivity index (χ2v) is 5.32. The molecule has 1 aromatic heterocycles. The number of carbonyl (C=O) groups is 2. The van der Waals surface area contributed by atoms with E-state index in [0.29, 0.717) is 27.4 Å². The van der Waals surface area contributed by atoms with Crippen LogP contribution in [0.3, 0.4) is 0 Å². The van der Waals surface area contributed by atoms with Crippen molar-refractivity contribution in [1.82, 2.24) is 9.74 Å². The Bertz CT molecular complexity index is 726. The van der Waals surface area contributed by atoms with E-state index in [2.05, 4.69) is 9.94 Å². The number of hydrazone groups is 1. The molecule has 118 valence electrons. The topological polar surface area (TPSA) is 121 Å². The predicted octanol–water partition coefficient (Wildman–Crippen LogP) is 1.07. The number of hydrogen-bond donors (Lipinski definition) is 2. The van der Waals surface area contributed by atoms with E-state index >= 15 is 0 Å². The van der Waals surface area contributed by atoms with Gasteiger partial charge in [-0.05, 0) is 6.92 Å². The molecule has 2 N–H and O–H groups in total. The predicted molar refractivity (Wildman–Crippen MR) is 77.2 cm³/mol. The van der Waals surface area contributed by atoms with E-state index in [0.717, 1.165) is 18.9 Å². The van der Waals surface area contributed by atoms with Crippen LogP contribution < -0.4 is 5.43 Å². The second-order valence-electron chi connectivity index (χ2n) is 4.26. The number of aryl methyl sites for hydroxylation is 1. The van der Waals surface area contributed by atoms with Crippen LogP contribution >= 0.6 is 11.8 Å². The van der Waals surface area contributed by atoms with Crippen LogP contribution in [0.25, 0.3) is 0 Å². The van der Waals surface area contributed by atoms with Crippen molar-refractivity contribution >= 4 is 28.9 Å². The summed E-state index contributed by atoms with van der Waals surface area (Å²) in [4.78, 5) is 38.7. The van der Waals surface area contributed by atoms with Crippen LogP contribution in [-0.2, 0) is 17.8 Å². The van der Waals surface area contributed by atoms with Gasteiger partial charge in [0.25, 0.3) is 0 Å². The molecule has 0 spiro atoms. The van der Waals surface area contributed by atoms with Crippen LogP contribution in [0, 0.1) is 0 Å². The standard InChI is InChI=1S/C12H13N3O6S/c1-3-14-5-7(11(17)18)9(16)6-4-8(22-10(6)14)13-15(21-2)12(19)20/h5H,3-4H2,1-2H3,(H,17,18)(H,19,20)/b13-8+. The summed E-state index contributed by atoms with van der Waals surface area (Å²) in [6.45, 7) is 2.28. The molecular weight excluding hydrogens is 314 g/mol. The molecule has 0 saturated heterocycles. The molecule has 2 rings (SSSR count). The molecule has 22 heavy (non-hydrogen) atoms. The summed E-state index contributed by atoms with van der Waals surface area (Å²) in [6, 6.07) is 0. The third kappa shape index (κ3) is 2.83. The van der Waals surface area contributed by atoms with Crippen LogP contribution in [0.1, 0.15) is 22.8 Å². The average molecular weight is 327 g/mol. The zero-order chi connectivity index (χ0) is 16.4. The number of hydrogen-bond acceptors (Lipinski definition) is 6. The van der Waals surface area contributed by atoms with Crippen LogP contribution in [0.2, 0.25) is 0 Å². The fourth-order valence-electron chi connectivity index (χ4n) is 1.99. The molecule has 1 amide bonds. The highest BCUT2D eigenvalue weighted by atomic mass is 32.2. The van der Waals surface area contributed by atoms with Gasteiger partial charge in [0.2, 0.25) is 5.43 Å². The number of nitrogens with zero attached hydrogens (tertiary/aromatic N) is 3. The number of carboxylic acids is 1. The Balaban J connectivity index is 2.48. The van der Waals surface area contributed by atoms with Gasteiger partial charge >= 0.3 is 12.1 Å². The normalized spacial score (nSPS) is 14.9. The van der Waals surface area contributed by atoms with Gasteiger partial charge in [-0.25, -0.2) is 9.59 Å². The van der Waals surface area contributed by atoms with Crippen molar-refractivity contribution in [3.63, 3.8) is 0 Å². The Morgan fingerprint density at radius 3 is 2.68 bits per heavy atom. The maximum atomic E-state index is 12.2. The molecule has 1 aliphatic heterocycles. The summed E-state index contributed by atoms with van der Waals surface area (Å²) in [5.41, 5.74) is -0.597. The SMILES string of the molecule is CCn1cc(C(=O)O)c(=O)c2c1S/C(=N/N(OC)C(=O)O)C2. The number of aromatic carboxylic acids is 1. The number of hydroxylamine groups is 1. The Morgan fingerprint density at radius 2 is 2.18 bits per heavy atom. The number of fused-ring (bicyclic) bond motifs is 1. The third-order valence-corrected chi connectivity index (χ3v) is 4.11. The Hall–Kier alpha value is -2.33. The number of thioether (sulfide) groups is 1. The first kappa shape index (κ1) is 16.0. The summed E-state index contributed by atoms with van der Waals surface area (Å²) < 4.78 is 1.63. The third-order valence-electron chi connectivity index (χ3n) is 2.98. The molecule has 2 heterocycles. The van der Waals surface area contributed by atoms with Crippen molar-refractivity contribution < 1.29 is 24.6 Å². The Labute approximate surface area is 128 Å². The van der Waals surface area contributed by atoms with Crippen molar-refractivity contribution in [2.24, 2.45) is 5.10 Å². The molecule has 0 aliphatic carbocycles. The van der Waals surface area contributed by atoms with Crippen LogP contribution in [-0.4, -0.2) is 44.2 Å². The highest BCUT2D eigenvalue weighted by molar-refractivity contribution is 8.14. The van der Waals surface area contributed by atoms with Crippen LogP contribution in [0.15, 0.2) is 21.1 Å². The molecule has 9 nitrogen and oxygen atoms in total. The number of pyridine rings is 1. The van der Waals surface area contributed by atoms with Crippen molar-refractivity contribution in [2.45, 2.75) is 24.9 Å². The van der Waals surface area contributed by atoms with E-state index in [-0.39, 0.29) is 12.0 Å². The quantitative estimate of drug-likeness (QED) is 0.793. The van der Waals surface area contributed by atoms with Crippen molar-refractivity contribution in [3.8, 4) is 0 Å². The maximum Gasteiger partial charge on any atom is 0.453 e. The smallest absolute Gasteiger partial charge is 0.453 e. The molecular formula is C12H13N3O6S. The fraction of sp³-hybridized carbons (Fsp3) is 0.333. The molecule has 0 bridgehead atoms. The second kappa shape index (κ2) is 6.20. The first-order valence-electron chi connectivity index (χ1n) is 6.21. The summed E-state index contributed by atoms with van der Waals surface area (Å²) in [5, 5.41) is 23.0. The van der Waals surface area contributed by atoms with Gasteiger partial charge in [-0.15, -0.1) is 5.10 Å². The van der Waals surface area contributed by atoms with Crippen molar-refractivity contribution in [2.75, 3.05) is 7.11 Å². The van der Waals surface area contributed by atoms with Gasteiger partial charge in [0, 0.05) is 24.7 Å². The van der Waals surface area contributed by atoms with Gasteiger partial charge in [-0.2, -0.15) is 0 Å². The monoisotopic (exact) mass is 327 g/mol. The summed E-state index contributed by atoms with van der Waals surface area (Å²) in [5.74, 6) is -1.30. The zero-order valence-corrected chi connectivity index (χ0v) is 12.6. The lowest BCUT2D eigenvalue weighted by Gasteiger charge is -2.10. The van der Waals surface area contributed by atoms with E-state index in [1.54, 1.807) is 4.57 Å². The zero-order valence-electron chi connectivity index (χ0n) is 11.8. The first-order chi connectivity index (χ1) is 10.4. The van der Waals surface area contributed by atoms with Crippen LogP contribution in [0.5, 0.6) is 0 Å². The van der Waals surface area contributed by atoms with Gasteiger partial charge in [-0.1, -0.05) is 16.9 Å². The maximum absolute atomic E-state index is 12.2. The minimum Gasteiger partial charge on any atom is -0.477 e. The number of carboxylic acid groups (broad SMARTS) is 2. The summed E-state index contributed by atoms with van der Waals surface area (Å²) >= 11 is 1.12. The largest absolute Gasteiger partial charge is 0.477 e. The Kier molecular flexibility index (Phi) is 4.52. The number of aromatic nitrogens is 1. The van der Waals surface area contributed by atoms with Crippen molar-refractivity contribution in [3.05, 3.63) is 27.5 Å². The molecule has 0 saturated carbocycles. The summed E-state index contributed by atoms with van der Waals surface area (Å²) in [7, 11) is 1.15. The molecule has 0 unspecified atom stereocenters. The summed E-state index contributed by atoms with van der Waals surface area (Å²) in [6.07, 6.45) is -0.0545. The van der Waals surface area contributed by atoms with Gasteiger partial charge < -0.3 is 14.8 Å². The number of amides is 1. The minimum atomic E-state index is -1.40. The molecule has 0 fully saturated rings. The van der Waals surface area contributed by atoms with E-state index in [1.165, 1.54) is 6.20 Å². The lowest BCUT2D eigenvalue weighted by Crippen LogP contribution is -2.24. The lowest BCUT2D eigenvalue weighted by atomic mass is 10.1. The average Bonchev–Trinajstić information content (AvgIpc) is 2.89. The first-order valence-corrected chi connectivity index (χ1v) is 7.02.